The van der Waals surface area contributed by atoms with Crippen molar-refractivity contribution in [2.24, 2.45) is 5.92 Å². The Kier molecular flexibility index (Phi) is 7.97. The lowest BCUT2D eigenvalue weighted by molar-refractivity contribution is 0.600. The van der Waals surface area contributed by atoms with Crippen LogP contribution in [0.2, 0.25) is 0 Å². The summed E-state index contributed by atoms with van der Waals surface area (Å²) in [5, 5.41) is 0. The van der Waals surface area contributed by atoms with Crippen molar-refractivity contribution in [3.63, 3.8) is 0 Å². The fourth-order valence-electron chi connectivity index (χ4n) is 3.36. The van der Waals surface area contributed by atoms with Gasteiger partial charge in [0, 0.05) is 22.0 Å². The van der Waals surface area contributed by atoms with E-state index in [-0.39, 0.29) is 5.82 Å². The van der Waals surface area contributed by atoms with Gasteiger partial charge in [-0.15, -0.1) is 0 Å². The van der Waals surface area contributed by atoms with Crippen molar-refractivity contribution < 1.29 is 8.60 Å². The number of rotatable bonds is 8. The van der Waals surface area contributed by atoms with Crippen molar-refractivity contribution in [2.75, 3.05) is 6.26 Å². The van der Waals surface area contributed by atoms with Gasteiger partial charge in [0.25, 0.3) is 0 Å². The molecule has 0 radical (unpaired) electrons. The van der Waals surface area contributed by atoms with Gasteiger partial charge >= 0.3 is 0 Å². The molecule has 3 heteroatoms. The van der Waals surface area contributed by atoms with Crippen molar-refractivity contribution >= 4 is 22.4 Å². The highest BCUT2D eigenvalue weighted by molar-refractivity contribution is 7.84. The average Bonchev–Trinajstić information content (AvgIpc) is 2.64. The van der Waals surface area contributed by atoms with Crippen molar-refractivity contribution in [2.45, 2.75) is 57.8 Å². The minimum Gasteiger partial charge on any atom is -0.255 e. The summed E-state index contributed by atoms with van der Waals surface area (Å²) < 4.78 is 25.6. The Labute approximate surface area is 166 Å². The van der Waals surface area contributed by atoms with E-state index in [1.807, 2.05) is 30.3 Å². The highest BCUT2D eigenvalue weighted by Crippen LogP contribution is 2.34. The lowest BCUT2D eigenvalue weighted by Crippen LogP contribution is -2.04. The molecule has 2 aromatic carbocycles. The molecular formula is C24H31FOS. The first kappa shape index (κ1) is 21.6. The van der Waals surface area contributed by atoms with Gasteiger partial charge in [-0.25, -0.2) is 4.39 Å². The highest BCUT2D eigenvalue weighted by Gasteiger charge is 2.17. The molecule has 2 rings (SSSR count). The molecule has 0 saturated heterocycles. The standard InChI is InChI=1S/C24H31FOS/c1-6-7-8-18(4)24-16-20(25)11-14-22(24)23(17(2)3)15-19-9-12-21(13-10-19)27(5)26/h9-18H,6-8H2,1-5H3/b23-15-. The van der Waals surface area contributed by atoms with Crippen LogP contribution >= 0.6 is 0 Å². The fourth-order valence-corrected chi connectivity index (χ4v) is 3.88. The van der Waals surface area contributed by atoms with E-state index in [0.717, 1.165) is 40.8 Å². The number of hydrogen-bond acceptors (Lipinski definition) is 1. The lowest BCUT2D eigenvalue weighted by atomic mass is 9.84. The summed E-state index contributed by atoms with van der Waals surface area (Å²) in [6.07, 6.45) is 7.22. The van der Waals surface area contributed by atoms with Gasteiger partial charge in [-0.3, -0.25) is 4.21 Å². The smallest absolute Gasteiger partial charge is 0.123 e. The molecule has 0 amide bonds. The number of unbranched alkanes of at least 4 members (excludes halogenated alkanes) is 1. The third-order valence-corrected chi connectivity index (χ3v) is 5.94. The number of halogens is 1. The number of allylic oxidation sites excluding steroid dienone is 1. The molecule has 146 valence electrons. The Morgan fingerprint density at radius 2 is 1.78 bits per heavy atom. The molecular weight excluding hydrogens is 355 g/mol. The largest absolute Gasteiger partial charge is 0.255 e. The van der Waals surface area contributed by atoms with E-state index < -0.39 is 10.8 Å². The molecule has 0 aliphatic rings. The van der Waals surface area contributed by atoms with Crippen LogP contribution in [-0.4, -0.2) is 10.5 Å². The third kappa shape index (κ3) is 5.87. The van der Waals surface area contributed by atoms with Gasteiger partial charge in [-0.05, 0) is 64.8 Å². The molecule has 27 heavy (non-hydrogen) atoms. The monoisotopic (exact) mass is 386 g/mol. The normalized spacial score (nSPS) is 14.4. The predicted octanol–water partition coefficient (Wildman–Crippen LogP) is 7.05. The van der Waals surface area contributed by atoms with E-state index in [9.17, 15) is 8.60 Å². The quantitative estimate of drug-likeness (QED) is 0.444. The summed E-state index contributed by atoms with van der Waals surface area (Å²) in [6, 6.07) is 13.0. The molecule has 1 nitrogen and oxygen atoms in total. The van der Waals surface area contributed by atoms with Crippen molar-refractivity contribution in [1.82, 2.24) is 0 Å². The van der Waals surface area contributed by atoms with E-state index in [1.165, 1.54) is 5.57 Å². The Hall–Kier alpha value is -1.74. The maximum atomic E-state index is 14.0. The highest BCUT2D eigenvalue weighted by atomic mass is 32.2. The van der Waals surface area contributed by atoms with E-state index in [4.69, 9.17) is 0 Å². The topological polar surface area (TPSA) is 17.1 Å². The second-order valence-electron chi connectivity index (χ2n) is 7.55. The average molecular weight is 387 g/mol. The van der Waals surface area contributed by atoms with Gasteiger partial charge in [0.1, 0.15) is 5.82 Å². The van der Waals surface area contributed by atoms with Crippen molar-refractivity contribution in [1.29, 1.82) is 0 Å². The zero-order valence-corrected chi connectivity index (χ0v) is 17.9. The predicted molar refractivity (Wildman–Crippen MR) is 116 cm³/mol. The molecule has 0 saturated carbocycles. The first-order chi connectivity index (χ1) is 12.8. The Morgan fingerprint density at radius 3 is 2.33 bits per heavy atom. The second-order valence-corrected chi connectivity index (χ2v) is 8.93. The molecule has 0 aromatic heterocycles. The van der Waals surface area contributed by atoms with Gasteiger partial charge in [-0.1, -0.05) is 64.8 Å². The van der Waals surface area contributed by atoms with Gasteiger partial charge in [0.15, 0.2) is 0 Å². The first-order valence-corrected chi connectivity index (χ1v) is 11.3. The molecule has 0 aliphatic heterocycles. The lowest BCUT2D eigenvalue weighted by Gasteiger charge is -2.21. The van der Waals surface area contributed by atoms with Crippen LogP contribution in [0.1, 0.15) is 69.6 Å². The number of benzene rings is 2. The summed E-state index contributed by atoms with van der Waals surface area (Å²) >= 11 is 0. The Morgan fingerprint density at radius 1 is 1.11 bits per heavy atom. The van der Waals surface area contributed by atoms with Gasteiger partial charge in [0.05, 0.1) is 0 Å². The summed E-state index contributed by atoms with van der Waals surface area (Å²) in [5.74, 6) is 0.463. The Balaban J connectivity index is 2.48. The van der Waals surface area contributed by atoms with Gasteiger partial charge in [0.2, 0.25) is 0 Å². The van der Waals surface area contributed by atoms with E-state index in [1.54, 1.807) is 18.4 Å². The summed E-state index contributed by atoms with van der Waals surface area (Å²) in [7, 11) is -0.973. The molecule has 2 unspecified atom stereocenters. The van der Waals surface area contributed by atoms with Crippen LogP contribution in [0.15, 0.2) is 47.4 Å². The summed E-state index contributed by atoms with van der Waals surface area (Å²) in [6.45, 7) is 8.72. The fraction of sp³-hybridized carbons (Fsp3) is 0.417. The van der Waals surface area contributed by atoms with Gasteiger partial charge in [-0.2, -0.15) is 0 Å². The minimum atomic E-state index is -0.973. The van der Waals surface area contributed by atoms with Crippen LogP contribution in [-0.2, 0) is 10.8 Å². The van der Waals surface area contributed by atoms with Crippen LogP contribution in [0.4, 0.5) is 4.39 Å². The van der Waals surface area contributed by atoms with Gasteiger partial charge < -0.3 is 0 Å². The molecule has 0 N–H and O–H groups in total. The number of hydrogen-bond donors (Lipinski definition) is 0. The second kappa shape index (κ2) is 9.98. The molecule has 0 spiro atoms. The van der Waals surface area contributed by atoms with E-state index >= 15 is 0 Å². The molecule has 0 fully saturated rings. The molecule has 0 bridgehead atoms. The summed E-state index contributed by atoms with van der Waals surface area (Å²) in [5.41, 5.74) is 4.51. The molecule has 0 aliphatic carbocycles. The molecule has 2 atom stereocenters. The zero-order valence-electron chi connectivity index (χ0n) is 17.1. The maximum Gasteiger partial charge on any atom is 0.123 e. The SMILES string of the molecule is CCCCC(C)c1cc(F)ccc1/C(=C\c1ccc(S(C)=O)cc1)C(C)C. The van der Waals surface area contributed by atoms with Crippen LogP contribution < -0.4 is 0 Å². The third-order valence-electron chi connectivity index (χ3n) is 5.00. The van der Waals surface area contributed by atoms with Crippen LogP contribution in [0, 0.1) is 11.7 Å². The van der Waals surface area contributed by atoms with Crippen molar-refractivity contribution in [3.8, 4) is 0 Å². The summed E-state index contributed by atoms with van der Waals surface area (Å²) in [4.78, 5) is 0.828. The van der Waals surface area contributed by atoms with E-state index in [2.05, 4.69) is 33.8 Å². The molecule has 0 heterocycles. The molecule has 2 aromatic rings. The maximum absolute atomic E-state index is 14.0. The zero-order chi connectivity index (χ0) is 20.0. The van der Waals surface area contributed by atoms with Crippen LogP contribution in [0.25, 0.3) is 11.6 Å². The Bertz CT molecular complexity index is 806. The van der Waals surface area contributed by atoms with Crippen LogP contribution in [0.3, 0.4) is 0 Å². The van der Waals surface area contributed by atoms with Crippen LogP contribution in [0.5, 0.6) is 0 Å². The van der Waals surface area contributed by atoms with Crippen molar-refractivity contribution in [3.05, 3.63) is 65.0 Å². The minimum absolute atomic E-state index is 0.171. The first-order valence-electron chi connectivity index (χ1n) is 9.78. The van der Waals surface area contributed by atoms with E-state index in [0.29, 0.717) is 11.8 Å².